The highest BCUT2D eigenvalue weighted by Crippen LogP contribution is 2.14. The lowest BCUT2D eigenvalue weighted by Gasteiger charge is -2.26. The van der Waals surface area contributed by atoms with Crippen molar-refractivity contribution in [1.29, 1.82) is 0 Å². The number of hydrogen-bond donors (Lipinski definition) is 2. The number of benzene rings is 1. The average molecular weight is 433 g/mol. The molecule has 0 aliphatic carbocycles. The van der Waals surface area contributed by atoms with Crippen molar-refractivity contribution >= 4 is 5.96 Å². The second kappa shape index (κ2) is 14.4. The average Bonchev–Trinajstić information content (AvgIpc) is 2.82. The molecule has 1 aromatic carbocycles. The van der Waals surface area contributed by atoms with E-state index in [4.69, 9.17) is 19.2 Å². The molecule has 2 fully saturated rings. The fraction of sp³-hybridized carbons (Fsp3) is 0.708. The summed E-state index contributed by atoms with van der Waals surface area (Å²) in [6, 6.07) is 8.81. The van der Waals surface area contributed by atoms with E-state index >= 15 is 0 Å². The summed E-state index contributed by atoms with van der Waals surface area (Å²) in [5, 5.41) is 6.74. The molecule has 0 aromatic heterocycles. The Morgan fingerprint density at radius 2 is 1.74 bits per heavy atom. The van der Waals surface area contributed by atoms with Gasteiger partial charge in [-0.2, -0.15) is 0 Å². The van der Waals surface area contributed by atoms with Crippen molar-refractivity contribution in [3.63, 3.8) is 0 Å². The Hall–Kier alpha value is -1.67. The van der Waals surface area contributed by atoms with E-state index in [2.05, 4.69) is 46.7 Å². The van der Waals surface area contributed by atoms with Crippen molar-refractivity contribution in [3.05, 3.63) is 35.4 Å². The van der Waals surface area contributed by atoms with E-state index in [1.807, 2.05) is 0 Å². The van der Waals surface area contributed by atoms with Gasteiger partial charge in [-0.3, -0.25) is 4.90 Å². The molecule has 2 aliphatic heterocycles. The lowest BCUT2D eigenvalue weighted by molar-refractivity contribution is 0.0203. The number of aliphatic imine (C=N–C) groups is 1. The molecule has 31 heavy (non-hydrogen) atoms. The molecular weight excluding hydrogens is 392 g/mol. The van der Waals surface area contributed by atoms with Crippen LogP contribution in [0, 0.1) is 5.92 Å². The van der Waals surface area contributed by atoms with E-state index < -0.39 is 0 Å². The van der Waals surface area contributed by atoms with E-state index in [-0.39, 0.29) is 0 Å². The third-order valence-electron chi connectivity index (χ3n) is 5.75. The van der Waals surface area contributed by atoms with E-state index in [9.17, 15) is 0 Å². The minimum atomic E-state index is 0.667. The number of guanidine groups is 1. The Kier molecular flexibility index (Phi) is 11.1. The molecule has 0 spiro atoms. The summed E-state index contributed by atoms with van der Waals surface area (Å²) in [6.07, 6.45) is 3.23. The first kappa shape index (κ1) is 24.0. The largest absolute Gasteiger partial charge is 0.381 e. The second-order valence-corrected chi connectivity index (χ2v) is 8.31. The van der Waals surface area contributed by atoms with Gasteiger partial charge in [0.25, 0.3) is 0 Å². The van der Waals surface area contributed by atoms with Crippen LogP contribution in [0.15, 0.2) is 29.3 Å². The van der Waals surface area contributed by atoms with Gasteiger partial charge in [0.2, 0.25) is 0 Å². The smallest absolute Gasteiger partial charge is 0.191 e. The number of ether oxygens (including phenoxy) is 3. The monoisotopic (exact) mass is 432 g/mol. The molecule has 2 aliphatic rings. The van der Waals surface area contributed by atoms with Gasteiger partial charge in [0.1, 0.15) is 0 Å². The van der Waals surface area contributed by atoms with E-state index in [0.29, 0.717) is 12.5 Å². The molecule has 1 aromatic rings. The normalized spacial score (nSPS) is 18.8. The maximum absolute atomic E-state index is 5.84. The lowest BCUT2D eigenvalue weighted by atomic mass is 10.0. The van der Waals surface area contributed by atoms with Crippen LogP contribution in [0.25, 0.3) is 0 Å². The zero-order valence-corrected chi connectivity index (χ0v) is 19.1. The minimum absolute atomic E-state index is 0.667. The first-order valence-corrected chi connectivity index (χ1v) is 11.9. The number of nitrogens with zero attached hydrogens (tertiary/aromatic N) is 2. The van der Waals surface area contributed by atoms with Gasteiger partial charge in [-0.05, 0) is 43.2 Å². The summed E-state index contributed by atoms with van der Waals surface area (Å²) in [4.78, 5) is 7.17. The molecule has 7 nitrogen and oxygen atoms in total. The van der Waals surface area contributed by atoms with Crippen LogP contribution >= 0.6 is 0 Å². The quantitative estimate of drug-likeness (QED) is 0.318. The van der Waals surface area contributed by atoms with Gasteiger partial charge in [-0.15, -0.1) is 0 Å². The fourth-order valence-electron chi connectivity index (χ4n) is 3.82. The van der Waals surface area contributed by atoms with Gasteiger partial charge in [0, 0.05) is 59.2 Å². The van der Waals surface area contributed by atoms with Gasteiger partial charge >= 0.3 is 0 Å². The number of rotatable bonds is 11. The third-order valence-corrected chi connectivity index (χ3v) is 5.75. The Morgan fingerprint density at radius 1 is 1.03 bits per heavy atom. The van der Waals surface area contributed by atoms with Crippen molar-refractivity contribution in [2.75, 3.05) is 65.8 Å². The van der Waals surface area contributed by atoms with Crippen LogP contribution < -0.4 is 10.6 Å². The van der Waals surface area contributed by atoms with Crippen LogP contribution in [-0.2, 0) is 27.3 Å². The van der Waals surface area contributed by atoms with Crippen LogP contribution in [0.4, 0.5) is 0 Å². The number of hydrogen-bond acceptors (Lipinski definition) is 5. The molecule has 0 unspecified atom stereocenters. The highest BCUT2D eigenvalue weighted by Gasteiger charge is 2.13. The fourth-order valence-corrected chi connectivity index (χ4v) is 3.82. The number of morpholine rings is 1. The maximum Gasteiger partial charge on any atom is 0.191 e. The van der Waals surface area contributed by atoms with Crippen LogP contribution in [0.5, 0.6) is 0 Å². The van der Waals surface area contributed by atoms with Gasteiger partial charge in [0.05, 0.1) is 19.8 Å². The third kappa shape index (κ3) is 9.56. The minimum Gasteiger partial charge on any atom is -0.381 e. The topological polar surface area (TPSA) is 67.4 Å². The standard InChI is InChI=1S/C24H40N4O3/c1-2-25-24(26-10-3-13-31-20-23-8-14-29-15-9-23)27-18-21-4-6-22(7-5-21)19-28-11-16-30-17-12-28/h4-7,23H,2-3,8-20H2,1H3,(H2,25,26,27). The first-order chi connectivity index (χ1) is 15.3. The summed E-state index contributed by atoms with van der Waals surface area (Å²) >= 11 is 0. The zero-order valence-electron chi connectivity index (χ0n) is 19.1. The van der Waals surface area contributed by atoms with Gasteiger partial charge < -0.3 is 24.8 Å². The Morgan fingerprint density at radius 3 is 2.48 bits per heavy atom. The van der Waals surface area contributed by atoms with Crippen molar-refractivity contribution in [2.45, 2.75) is 39.3 Å². The van der Waals surface area contributed by atoms with Crippen molar-refractivity contribution < 1.29 is 14.2 Å². The highest BCUT2D eigenvalue weighted by atomic mass is 16.5. The Bertz CT molecular complexity index is 626. The maximum atomic E-state index is 5.84. The van der Waals surface area contributed by atoms with Crippen molar-refractivity contribution in [1.82, 2.24) is 15.5 Å². The molecule has 2 saturated heterocycles. The molecule has 0 amide bonds. The summed E-state index contributed by atoms with van der Waals surface area (Å²) in [6.45, 7) is 12.6. The molecule has 7 heteroatoms. The molecule has 0 saturated carbocycles. The summed E-state index contributed by atoms with van der Waals surface area (Å²) < 4.78 is 16.7. The number of nitrogens with one attached hydrogen (secondary N) is 2. The van der Waals surface area contributed by atoms with Gasteiger partial charge in [-0.25, -0.2) is 4.99 Å². The lowest BCUT2D eigenvalue weighted by Crippen LogP contribution is -2.38. The predicted octanol–water partition coefficient (Wildman–Crippen LogP) is 2.41. The van der Waals surface area contributed by atoms with Crippen LogP contribution in [0.3, 0.4) is 0 Å². The molecule has 174 valence electrons. The summed E-state index contributed by atoms with van der Waals surface area (Å²) in [7, 11) is 0. The zero-order chi connectivity index (χ0) is 21.6. The summed E-state index contributed by atoms with van der Waals surface area (Å²) in [5.74, 6) is 1.53. The predicted molar refractivity (Wildman–Crippen MR) is 124 cm³/mol. The van der Waals surface area contributed by atoms with E-state index in [1.54, 1.807) is 0 Å². The van der Waals surface area contributed by atoms with E-state index in [0.717, 1.165) is 97.6 Å². The molecular formula is C24H40N4O3. The van der Waals surface area contributed by atoms with Crippen LogP contribution in [0.1, 0.15) is 37.3 Å². The molecule has 0 atom stereocenters. The van der Waals surface area contributed by atoms with Crippen LogP contribution in [-0.4, -0.2) is 76.7 Å². The second-order valence-electron chi connectivity index (χ2n) is 8.31. The van der Waals surface area contributed by atoms with Gasteiger partial charge in [0.15, 0.2) is 5.96 Å². The summed E-state index contributed by atoms with van der Waals surface area (Å²) in [5.41, 5.74) is 2.57. The van der Waals surface area contributed by atoms with Gasteiger partial charge in [-0.1, -0.05) is 24.3 Å². The SMILES string of the molecule is CCNC(=NCc1ccc(CN2CCOCC2)cc1)NCCCOCC1CCOCC1. The Balaban J connectivity index is 1.33. The molecule has 2 heterocycles. The molecule has 0 radical (unpaired) electrons. The molecule has 2 N–H and O–H groups in total. The Labute approximate surface area is 187 Å². The van der Waals surface area contributed by atoms with Crippen molar-refractivity contribution in [2.24, 2.45) is 10.9 Å². The highest BCUT2D eigenvalue weighted by molar-refractivity contribution is 5.79. The first-order valence-electron chi connectivity index (χ1n) is 11.9. The molecule has 3 rings (SSSR count). The van der Waals surface area contributed by atoms with Crippen LogP contribution in [0.2, 0.25) is 0 Å². The molecule has 0 bridgehead atoms. The van der Waals surface area contributed by atoms with E-state index in [1.165, 1.54) is 11.1 Å². The van der Waals surface area contributed by atoms with Crippen molar-refractivity contribution in [3.8, 4) is 0 Å².